The van der Waals surface area contributed by atoms with E-state index < -0.39 is 6.04 Å². The summed E-state index contributed by atoms with van der Waals surface area (Å²) in [4.78, 5) is 11.3. The quantitative estimate of drug-likeness (QED) is 0.759. The van der Waals surface area contributed by atoms with E-state index in [1.807, 2.05) is 24.3 Å². The molecule has 94 valence electrons. The number of hydrogen-bond acceptors (Lipinski definition) is 4. The molecule has 0 aliphatic heterocycles. The largest absolute Gasteiger partial charge is 0.491 e. The first kappa shape index (κ1) is 13.5. The molecule has 1 N–H and O–H groups in total. The maximum atomic E-state index is 11.3. The maximum absolute atomic E-state index is 11.3. The lowest BCUT2D eigenvalue weighted by molar-refractivity contribution is -0.143. The van der Waals surface area contributed by atoms with Gasteiger partial charge in [-0.15, -0.1) is 0 Å². The summed E-state index contributed by atoms with van der Waals surface area (Å²) in [6.45, 7) is 2.36. The molecule has 0 radical (unpaired) electrons. The first-order chi connectivity index (χ1) is 8.21. The molecule has 17 heavy (non-hydrogen) atoms. The van der Waals surface area contributed by atoms with E-state index in [0.29, 0.717) is 0 Å². The Morgan fingerprint density at radius 2 is 2.00 bits per heavy atom. The highest BCUT2D eigenvalue weighted by molar-refractivity contribution is 5.75. The third-order valence-electron chi connectivity index (χ3n) is 2.58. The van der Waals surface area contributed by atoms with E-state index in [2.05, 4.69) is 17.0 Å². The molecule has 1 aromatic carbocycles. The standard InChI is InChI=1S/C13H19NO3/c1-4-10-5-7-11(8-6-10)17-9-12(14-2)13(15)16-3/h5-8,12,14H,4,9H2,1-3H3. The third-order valence-corrected chi connectivity index (χ3v) is 2.58. The number of ether oxygens (including phenoxy) is 2. The van der Waals surface area contributed by atoms with E-state index in [1.165, 1.54) is 12.7 Å². The van der Waals surface area contributed by atoms with Crippen molar-refractivity contribution in [3.05, 3.63) is 29.8 Å². The van der Waals surface area contributed by atoms with E-state index >= 15 is 0 Å². The van der Waals surface area contributed by atoms with Crippen LogP contribution in [0.1, 0.15) is 12.5 Å². The Hall–Kier alpha value is -1.55. The van der Waals surface area contributed by atoms with Crippen LogP contribution in [-0.2, 0) is 16.0 Å². The highest BCUT2D eigenvalue weighted by atomic mass is 16.5. The molecule has 1 aromatic rings. The number of hydrogen-bond donors (Lipinski definition) is 1. The van der Waals surface area contributed by atoms with Crippen LogP contribution in [0, 0.1) is 0 Å². The Morgan fingerprint density at radius 3 is 2.47 bits per heavy atom. The topological polar surface area (TPSA) is 47.6 Å². The van der Waals surface area contributed by atoms with Gasteiger partial charge in [0, 0.05) is 0 Å². The average molecular weight is 237 g/mol. The van der Waals surface area contributed by atoms with Crippen LogP contribution in [0.2, 0.25) is 0 Å². The Labute approximate surface area is 102 Å². The van der Waals surface area contributed by atoms with Gasteiger partial charge in [-0.2, -0.15) is 0 Å². The van der Waals surface area contributed by atoms with Crippen molar-refractivity contribution in [3.8, 4) is 5.75 Å². The highest BCUT2D eigenvalue weighted by Gasteiger charge is 2.17. The van der Waals surface area contributed by atoms with Crippen LogP contribution in [0.15, 0.2) is 24.3 Å². The van der Waals surface area contributed by atoms with Crippen molar-refractivity contribution >= 4 is 5.97 Å². The van der Waals surface area contributed by atoms with Crippen molar-refractivity contribution in [1.82, 2.24) is 5.32 Å². The molecule has 1 unspecified atom stereocenters. The van der Waals surface area contributed by atoms with Crippen molar-refractivity contribution in [2.45, 2.75) is 19.4 Å². The number of carbonyl (C=O) groups excluding carboxylic acids is 1. The number of nitrogens with one attached hydrogen (secondary N) is 1. The zero-order valence-corrected chi connectivity index (χ0v) is 10.5. The van der Waals surface area contributed by atoms with Gasteiger partial charge in [-0.25, -0.2) is 0 Å². The molecule has 0 saturated heterocycles. The van der Waals surface area contributed by atoms with Crippen LogP contribution in [0.4, 0.5) is 0 Å². The number of likely N-dealkylation sites (N-methyl/N-ethyl adjacent to an activating group) is 1. The smallest absolute Gasteiger partial charge is 0.326 e. The number of rotatable bonds is 6. The SMILES string of the molecule is CCc1ccc(OCC(NC)C(=O)OC)cc1. The molecular formula is C13H19NO3. The number of esters is 1. The molecule has 0 fully saturated rings. The number of carbonyl (C=O) groups is 1. The van der Waals surface area contributed by atoms with Crippen LogP contribution in [0.3, 0.4) is 0 Å². The second-order valence-electron chi connectivity index (χ2n) is 3.67. The molecule has 0 aliphatic carbocycles. The monoisotopic (exact) mass is 237 g/mol. The van der Waals surface area contributed by atoms with Crippen molar-refractivity contribution in [2.24, 2.45) is 0 Å². The predicted octanol–water partition coefficient (Wildman–Crippen LogP) is 1.39. The molecule has 0 spiro atoms. The van der Waals surface area contributed by atoms with E-state index in [0.717, 1.165) is 12.2 Å². The minimum Gasteiger partial charge on any atom is -0.491 e. The van der Waals surface area contributed by atoms with E-state index in [4.69, 9.17) is 4.74 Å². The average Bonchev–Trinajstić information content (AvgIpc) is 2.39. The van der Waals surface area contributed by atoms with Crippen LogP contribution in [-0.4, -0.2) is 32.8 Å². The van der Waals surface area contributed by atoms with E-state index in [-0.39, 0.29) is 12.6 Å². The zero-order chi connectivity index (χ0) is 12.7. The Morgan fingerprint density at radius 1 is 1.35 bits per heavy atom. The fraction of sp³-hybridized carbons (Fsp3) is 0.462. The molecule has 0 aromatic heterocycles. The molecule has 4 nitrogen and oxygen atoms in total. The predicted molar refractivity (Wildman–Crippen MR) is 66.2 cm³/mol. The molecular weight excluding hydrogens is 218 g/mol. The van der Waals surface area contributed by atoms with Crippen LogP contribution in [0.25, 0.3) is 0 Å². The van der Waals surface area contributed by atoms with E-state index in [9.17, 15) is 4.79 Å². The van der Waals surface area contributed by atoms with Gasteiger partial charge in [0.25, 0.3) is 0 Å². The van der Waals surface area contributed by atoms with Crippen LogP contribution >= 0.6 is 0 Å². The summed E-state index contributed by atoms with van der Waals surface area (Å²) < 4.78 is 10.2. The van der Waals surface area contributed by atoms with Gasteiger partial charge in [-0.05, 0) is 31.2 Å². The molecule has 0 amide bonds. The minimum absolute atomic E-state index is 0.259. The second kappa shape index (κ2) is 6.91. The van der Waals surface area contributed by atoms with Gasteiger partial charge in [-0.3, -0.25) is 4.79 Å². The fourth-order valence-electron chi connectivity index (χ4n) is 1.41. The van der Waals surface area contributed by atoms with E-state index in [1.54, 1.807) is 7.05 Å². The summed E-state index contributed by atoms with van der Waals surface area (Å²) in [6.07, 6.45) is 1.00. The molecule has 4 heteroatoms. The van der Waals surface area contributed by atoms with Crippen LogP contribution < -0.4 is 10.1 Å². The Bertz CT molecular complexity index is 348. The second-order valence-corrected chi connectivity index (χ2v) is 3.67. The van der Waals surface area contributed by atoms with Crippen molar-refractivity contribution in [1.29, 1.82) is 0 Å². The van der Waals surface area contributed by atoms with Gasteiger partial charge >= 0.3 is 5.97 Å². The summed E-state index contributed by atoms with van der Waals surface area (Å²) in [5.41, 5.74) is 1.26. The summed E-state index contributed by atoms with van der Waals surface area (Å²) in [7, 11) is 3.06. The van der Waals surface area contributed by atoms with Gasteiger partial charge in [-0.1, -0.05) is 19.1 Å². The van der Waals surface area contributed by atoms with Gasteiger partial charge in [0.1, 0.15) is 18.4 Å². The number of methoxy groups -OCH3 is 1. The number of aryl methyl sites for hydroxylation is 1. The zero-order valence-electron chi connectivity index (χ0n) is 10.5. The summed E-state index contributed by atoms with van der Waals surface area (Å²) in [5.74, 6) is 0.434. The van der Waals surface area contributed by atoms with Gasteiger partial charge < -0.3 is 14.8 Å². The third kappa shape index (κ3) is 4.07. The molecule has 0 aliphatic rings. The van der Waals surface area contributed by atoms with Crippen LogP contribution in [0.5, 0.6) is 5.75 Å². The van der Waals surface area contributed by atoms with Gasteiger partial charge in [0.15, 0.2) is 0 Å². The first-order valence-electron chi connectivity index (χ1n) is 5.68. The lowest BCUT2D eigenvalue weighted by Gasteiger charge is -2.14. The Kier molecular flexibility index (Phi) is 5.49. The lowest BCUT2D eigenvalue weighted by atomic mass is 10.2. The lowest BCUT2D eigenvalue weighted by Crippen LogP contribution is -2.40. The summed E-state index contributed by atoms with van der Waals surface area (Å²) in [5, 5.41) is 2.85. The van der Waals surface area contributed by atoms with Gasteiger partial charge in [0.05, 0.1) is 7.11 Å². The summed E-state index contributed by atoms with van der Waals surface area (Å²) >= 11 is 0. The minimum atomic E-state index is -0.439. The normalized spacial score (nSPS) is 11.9. The Balaban J connectivity index is 2.50. The van der Waals surface area contributed by atoms with Crippen molar-refractivity contribution < 1.29 is 14.3 Å². The first-order valence-corrected chi connectivity index (χ1v) is 5.68. The molecule has 1 atom stereocenters. The molecule has 0 bridgehead atoms. The summed E-state index contributed by atoms with van der Waals surface area (Å²) in [6, 6.07) is 7.40. The molecule has 0 saturated carbocycles. The molecule has 0 heterocycles. The fourth-order valence-corrected chi connectivity index (χ4v) is 1.41. The maximum Gasteiger partial charge on any atom is 0.326 e. The van der Waals surface area contributed by atoms with Gasteiger partial charge in [0.2, 0.25) is 0 Å². The highest BCUT2D eigenvalue weighted by Crippen LogP contribution is 2.12. The van der Waals surface area contributed by atoms with Crippen molar-refractivity contribution in [2.75, 3.05) is 20.8 Å². The number of benzene rings is 1. The molecule has 1 rings (SSSR count). The van der Waals surface area contributed by atoms with Crippen molar-refractivity contribution in [3.63, 3.8) is 0 Å².